The topological polar surface area (TPSA) is 60.0 Å². The van der Waals surface area contributed by atoms with Crippen molar-refractivity contribution in [3.8, 4) is 0 Å². The fourth-order valence-electron chi connectivity index (χ4n) is 3.21. The number of nitrogens with zero attached hydrogens (tertiary/aromatic N) is 3. The molecule has 2 rings (SSSR count). The molecule has 0 aromatic carbocycles. The lowest BCUT2D eigenvalue weighted by Gasteiger charge is -2.36. The Hall–Kier alpha value is -0.950. The molecule has 2 atom stereocenters. The number of nitrogens with one attached hydrogen (secondary N) is 2. The molecule has 2 aliphatic heterocycles. The molecule has 2 heterocycles. The summed E-state index contributed by atoms with van der Waals surface area (Å²) in [5.41, 5.74) is 0.210. The van der Waals surface area contributed by atoms with E-state index in [1.807, 2.05) is 30.6 Å². The molecule has 2 saturated heterocycles. The number of likely N-dealkylation sites (tertiary alicyclic amines) is 1. The van der Waals surface area contributed by atoms with Gasteiger partial charge in [-0.1, -0.05) is 6.92 Å². The van der Waals surface area contributed by atoms with Gasteiger partial charge in [0.15, 0.2) is 5.96 Å². The lowest BCUT2D eigenvalue weighted by Crippen LogP contribution is -2.55. The molecule has 23 heavy (non-hydrogen) atoms. The van der Waals surface area contributed by atoms with Crippen LogP contribution in [0.2, 0.25) is 0 Å². The van der Waals surface area contributed by atoms with Crippen LogP contribution in [0.15, 0.2) is 4.99 Å². The second-order valence-corrected chi connectivity index (χ2v) is 7.78. The average Bonchev–Trinajstić information content (AvgIpc) is 3.20. The molecule has 2 N–H and O–H groups in total. The van der Waals surface area contributed by atoms with Crippen molar-refractivity contribution in [2.45, 2.75) is 37.8 Å². The Morgan fingerprint density at radius 2 is 2.26 bits per heavy atom. The van der Waals surface area contributed by atoms with Gasteiger partial charge in [-0.2, -0.15) is 11.8 Å². The zero-order chi connectivity index (χ0) is 16.9. The highest BCUT2D eigenvalue weighted by molar-refractivity contribution is 7.99. The van der Waals surface area contributed by atoms with Crippen LogP contribution in [0, 0.1) is 0 Å². The van der Waals surface area contributed by atoms with Crippen molar-refractivity contribution in [2.75, 3.05) is 52.3 Å². The molecule has 2 aliphatic rings. The maximum Gasteiger partial charge on any atom is 0.222 e. The van der Waals surface area contributed by atoms with Gasteiger partial charge in [-0.25, -0.2) is 0 Å². The molecule has 6 nitrogen and oxygen atoms in total. The molecule has 0 aromatic heterocycles. The first-order valence-electron chi connectivity index (χ1n) is 8.51. The van der Waals surface area contributed by atoms with Crippen molar-refractivity contribution in [3.05, 3.63) is 0 Å². The number of amides is 1. The summed E-state index contributed by atoms with van der Waals surface area (Å²) in [6.45, 7) is 4.45. The second-order valence-electron chi connectivity index (χ2n) is 6.67. The molecule has 0 aliphatic carbocycles. The standard InChI is InChI=1S/C16H31N5OS/c1-5-14(22)21-8-6-13(10-21)19-15(17-2)18-11-16(20(3)4)7-9-23-12-16/h13H,5-12H2,1-4H3,(H2,17,18,19). The number of rotatable bonds is 5. The summed E-state index contributed by atoms with van der Waals surface area (Å²) in [5, 5.41) is 6.97. The minimum absolute atomic E-state index is 0.210. The highest BCUT2D eigenvalue weighted by Gasteiger charge is 2.36. The summed E-state index contributed by atoms with van der Waals surface area (Å²) < 4.78 is 0. The van der Waals surface area contributed by atoms with Crippen molar-refractivity contribution in [3.63, 3.8) is 0 Å². The van der Waals surface area contributed by atoms with Crippen molar-refractivity contribution in [1.29, 1.82) is 0 Å². The third-order valence-corrected chi connectivity index (χ3v) is 6.26. The number of thioether (sulfide) groups is 1. The molecule has 0 saturated carbocycles. The molecular weight excluding hydrogens is 310 g/mol. The molecule has 132 valence electrons. The van der Waals surface area contributed by atoms with Gasteiger partial charge in [0.2, 0.25) is 5.91 Å². The van der Waals surface area contributed by atoms with E-state index in [1.165, 1.54) is 12.2 Å². The van der Waals surface area contributed by atoms with Crippen LogP contribution in [0.5, 0.6) is 0 Å². The molecule has 0 radical (unpaired) electrons. The van der Waals surface area contributed by atoms with Gasteiger partial charge in [-0.05, 0) is 32.7 Å². The Labute approximate surface area is 144 Å². The van der Waals surface area contributed by atoms with Gasteiger partial charge in [0, 0.05) is 50.4 Å². The third-order valence-electron chi connectivity index (χ3n) is 5.02. The number of hydrogen-bond acceptors (Lipinski definition) is 4. The monoisotopic (exact) mass is 341 g/mol. The Balaban J connectivity index is 1.83. The van der Waals surface area contributed by atoms with Gasteiger partial charge in [-0.3, -0.25) is 9.79 Å². The van der Waals surface area contributed by atoms with Crippen LogP contribution in [0.1, 0.15) is 26.2 Å². The zero-order valence-corrected chi connectivity index (χ0v) is 15.7. The van der Waals surface area contributed by atoms with Gasteiger partial charge < -0.3 is 20.4 Å². The van der Waals surface area contributed by atoms with E-state index >= 15 is 0 Å². The number of carbonyl (C=O) groups is 1. The van der Waals surface area contributed by atoms with Crippen molar-refractivity contribution in [1.82, 2.24) is 20.4 Å². The first kappa shape index (κ1) is 18.4. The smallest absolute Gasteiger partial charge is 0.222 e. The normalized spacial score (nSPS) is 28.5. The highest BCUT2D eigenvalue weighted by atomic mass is 32.2. The molecule has 7 heteroatoms. The van der Waals surface area contributed by atoms with E-state index in [0.717, 1.165) is 37.8 Å². The third kappa shape index (κ3) is 4.53. The second kappa shape index (κ2) is 8.24. The number of likely N-dealkylation sites (N-methyl/N-ethyl adjacent to an activating group) is 1. The fraction of sp³-hybridized carbons (Fsp3) is 0.875. The molecular formula is C16H31N5OS. The number of carbonyl (C=O) groups excluding carboxylic acids is 1. The number of hydrogen-bond donors (Lipinski definition) is 2. The van der Waals surface area contributed by atoms with Gasteiger partial charge in [0.1, 0.15) is 0 Å². The van der Waals surface area contributed by atoms with Gasteiger partial charge >= 0.3 is 0 Å². The Morgan fingerprint density at radius 3 is 2.83 bits per heavy atom. The summed E-state index contributed by atoms with van der Waals surface area (Å²) in [6, 6.07) is 0.296. The van der Waals surface area contributed by atoms with Gasteiger partial charge in [0.25, 0.3) is 0 Å². The molecule has 0 bridgehead atoms. The van der Waals surface area contributed by atoms with Crippen LogP contribution >= 0.6 is 11.8 Å². The van der Waals surface area contributed by atoms with Crippen molar-refractivity contribution in [2.24, 2.45) is 4.99 Å². The molecule has 0 spiro atoms. The predicted octanol–water partition coefficient (Wildman–Crippen LogP) is 0.600. The first-order chi connectivity index (χ1) is 11.0. The molecule has 1 amide bonds. The van der Waals surface area contributed by atoms with Crippen LogP contribution in [0.25, 0.3) is 0 Å². The first-order valence-corrected chi connectivity index (χ1v) is 9.66. The quantitative estimate of drug-likeness (QED) is 0.566. The average molecular weight is 342 g/mol. The Kier molecular flexibility index (Phi) is 6.59. The minimum Gasteiger partial charge on any atom is -0.355 e. The highest BCUT2D eigenvalue weighted by Crippen LogP contribution is 2.31. The number of aliphatic imine (C=N–C) groups is 1. The van der Waals surface area contributed by atoms with Crippen molar-refractivity contribution < 1.29 is 4.79 Å². The lowest BCUT2D eigenvalue weighted by molar-refractivity contribution is -0.129. The summed E-state index contributed by atoms with van der Waals surface area (Å²) in [6.07, 6.45) is 2.78. The zero-order valence-electron chi connectivity index (χ0n) is 14.9. The van der Waals surface area contributed by atoms with Crippen LogP contribution < -0.4 is 10.6 Å². The predicted molar refractivity (Wildman–Crippen MR) is 98.1 cm³/mol. The van der Waals surface area contributed by atoms with E-state index in [0.29, 0.717) is 12.5 Å². The molecule has 2 fully saturated rings. The molecule has 0 aromatic rings. The minimum atomic E-state index is 0.210. The fourth-order valence-corrected chi connectivity index (χ4v) is 4.76. The summed E-state index contributed by atoms with van der Waals surface area (Å²) >= 11 is 2.02. The largest absolute Gasteiger partial charge is 0.355 e. The summed E-state index contributed by atoms with van der Waals surface area (Å²) in [5.74, 6) is 3.47. The maximum absolute atomic E-state index is 11.8. The Morgan fingerprint density at radius 1 is 1.48 bits per heavy atom. The Bertz CT molecular complexity index is 434. The van der Waals surface area contributed by atoms with E-state index < -0.39 is 0 Å². The van der Waals surface area contributed by atoms with E-state index in [-0.39, 0.29) is 11.4 Å². The van der Waals surface area contributed by atoms with Gasteiger partial charge in [0.05, 0.1) is 0 Å². The van der Waals surface area contributed by atoms with E-state index in [2.05, 4.69) is 34.6 Å². The summed E-state index contributed by atoms with van der Waals surface area (Å²) in [7, 11) is 6.13. The van der Waals surface area contributed by atoms with Crippen LogP contribution in [-0.2, 0) is 4.79 Å². The van der Waals surface area contributed by atoms with E-state index in [1.54, 1.807) is 0 Å². The maximum atomic E-state index is 11.8. The SMILES string of the molecule is CCC(=O)N1CCC(NC(=NC)NCC2(N(C)C)CCSC2)C1. The summed E-state index contributed by atoms with van der Waals surface area (Å²) in [4.78, 5) is 20.4. The molecule has 2 unspecified atom stereocenters. The van der Waals surface area contributed by atoms with Gasteiger partial charge in [-0.15, -0.1) is 0 Å². The van der Waals surface area contributed by atoms with E-state index in [4.69, 9.17) is 0 Å². The van der Waals surface area contributed by atoms with Crippen LogP contribution in [0.3, 0.4) is 0 Å². The van der Waals surface area contributed by atoms with Crippen LogP contribution in [0.4, 0.5) is 0 Å². The van der Waals surface area contributed by atoms with Crippen LogP contribution in [-0.4, -0.2) is 85.5 Å². The lowest BCUT2D eigenvalue weighted by atomic mass is 9.97. The van der Waals surface area contributed by atoms with Crippen molar-refractivity contribution >= 4 is 23.6 Å². The van der Waals surface area contributed by atoms with E-state index in [9.17, 15) is 4.79 Å². The number of guanidine groups is 1.